The van der Waals surface area contributed by atoms with Crippen molar-refractivity contribution in [2.45, 2.75) is 78.4 Å². The zero-order chi connectivity index (χ0) is 39.1. The van der Waals surface area contributed by atoms with E-state index in [1.165, 1.54) is 33.8 Å². The van der Waals surface area contributed by atoms with Gasteiger partial charge in [0.05, 0.1) is 13.2 Å². The number of rotatable bonds is 26. The highest BCUT2D eigenvalue weighted by Crippen LogP contribution is 2.21. The van der Waals surface area contributed by atoms with E-state index in [0.29, 0.717) is 37.2 Å². The van der Waals surface area contributed by atoms with Gasteiger partial charge in [0, 0.05) is 41.2 Å². The van der Waals surface area contributed by atoms with Gasteiger partial charge in [0.25, 0.3) is 0 Å². The smallest absolute Gasteiger partial charge is 0.333 e. The Hall–Kier alpha value is -5.40. The molecular formula is C38H50O14. The molecule has 0 radical (unpaired) electrons. The van der Waals surface area contributed by atoms with Crippen LogP contribution in [0.5, 0.6) is 11.5 Å². The lowest BCUT2D eigenvalue weighted by molar-refractivity contribution is -0.159. The lowest BCUT2D eigenvalue weighted by atomic mass is 10.2. The second-order valence-electron chi connectivity index (χ2n) is 11.8. The van der Waals surface area contributed by atoms with E-state index >= 15 is 0 Å². The first-order chi connectivity index (χ1) is 24.6. The van der Waals surface area contributed by atoms with Crippen molar-refractivity contribution in [1.29, 1.82) is 0 Å². The molecule has 0 aliphatic rings. The number of unbranched alkanes of at least 4 members (excludes halogenated alkanes) is 2. The van der Waals surface area contributed by atoms with E-state index in [4.69, 9.17) is 37.9 Å². The second kappa shape index (κ2) is 24.7. The maximum Gasteiger partial charge on any atom is 0.333 e. The summed E-state index contributed by atoms with van der Waals surface area (Å²) in [6.45, 7) is 19.4. The molecule has 52 heavy (non-hydrogen) atoms. The van der Waals surface area contributed by atoms with Gasteiger partial charge in [0.15, 0.2) is 12.2 Å². The molecule has 0 saturated carbocycles. The summed E-state index contributed by atoms with van der Waals surface area (Å²) < 4.78 is 43.0. The van der Waals surface area contributed by atoms with Crippen LogP contribution in [0.15, 0.2) is 72.9 Å². The molecule has 0 N–H and O–H groups in total. The molecule has 0 spiro atoms. The van der Waals surface area contributed by atoms with E-state index in [0.717, 1.165) is 0 Å². The first kappa shape index (κ1) is 44.6. The van der Waals surface area contributed by atoms with Crippen molar-refractivity contribution in [3.63, 3.8) is 0 Å². The Morgan fingerprint density at radius 3 is 1.21 bits per heavy atom. The molecule has 0 aliphatic heterocycles. The molecule has 0 aromatic heterocycles. The summed E-state index contributed by atoms with van der Waals surface area (Å²) >= 11 is 0. The minimum Gasteiger partial charge on any atom is -0.489 e. The van der Waals surface area contributed by atoms with Gasteiger partial charge in [0.2, 0.25) is 0 Å². The molecule has 0 bridgehead atoms. The van der Waals surface area contributed by atoms with Crippen molar-refractivity contribution < 1.29 is 66.7 Å². The predicted octanol–water partition coefficient (Wildman–Crippen LogP) is 5.09. The Bertz CT molecular complexity index is 1340. The maximum atomic E-state index is 12.5. The number of esters is 6. The zero-order valence-electron chi connectivity index (χ0n) is 30.5. The van der Waals surface area contributed by atoms with Crippen LogP contribution >= 0.6 is 0 Å². The summed E-state index contributed by atoms with van der Waals surface area (Å²) in [5, 5.41) is 0. The second-order valence-corrected chi connectivity index (χ2v) is 11.8. The van der Waals surface area contributed by atoms with E-state index in [9.17, 15) is 28.8 Å². The highest BCUT2D eigenvalue weighted by Gasteiger charge is 2.21. The van der Waals surface area contributed by atoms with Gasteiger partial charge in [-0.3, -0.25) is 9.59 Å². The number of hydrogen-bond donors (Lipinski definition) is 0. The van der Waals surface area contributed by atoms with Crippen LogP contribution in [0.25, 0.3) is 0 Å². The van der Waals surface area contributed by atoms with Crippen LogP contribution < -0.4 is 9.47 Å². The number of carbonyl (C=O) groups is 6. The molecule has 0 amide bonds. The van der Waals surface area contributed by atoms with Crippen LogP contribution in [-0.2, 0) is 57.2 Å². The van der Waals surface area contributed by atoms with E-state index in [-0.39, 0.29) is 74.8 Å². The first-order valence-electron chi connectivity index (χ1n) is 16.6. The number of benzene rings is 1. The number of hydrogen-bond acceptors (Lipinski definition) is 14. The highest BCUT2D eigenvalue weighted by molar-refractivity contribution is 5.88. The molecule has 0 aliphatic carbocycles. The van der Waals surface area contributed by atoms with Crippen LogP contribution in [0.3, 0.4) is 0 Å². The van der Waals surface area contributed by atoms with Crippen molar-refractivity contribution in [3.05, 3.63) is 72.9 Å². The fraction of sp³-hybridized carbons (Fsp3) is 0.474. The molecule has 1 aromatic carbocycles. The van der Waals surface area contributed by atoms with Crippen LogP contribution in [-0.4, -0.2) is 87.7 Å². The molecule has 2 unspecified atom stereocenters. The Morgan fingerprint density at radius 1 is 0.519 bits per heavy atom. The molecule has 0 fully saturated rings. The maximum absolute atomic E-state index is 12.5. The van der Waals surface area contributed by atoms with Crippen LogP contribution in [0.4, 0.5) is 0 Å². The fourth-order valence-electron chi connectivity index (χ4n) is 3.66. The standard InChI is InChI=1S/C38H50O14/c1-25(2)35(41)45-18-11-9-16-33(39)51-31(23-49-37(43)27(5)6)21-47-29-14-13-15-30(20-29)48-22-32(24-50-38(44)28(7)8)52-34(40)17-10-12-19-46-36(42)26(3)4/h13-15,20,31-32H,1,3,5,7,9-12,16-19,21-24H2,2,4,6,8H3. The van der Waals surface area contributed by atoms with Gasteiger partial charge in [-0.15, -0.1) is 0 Å². The van der Waals surface area contributed by atoms with E-state index < -0.39 is 48.0 Å². The van der Waals surface area contributed by atoms with E-state index in [1.54, 1.807) is 18.2 Å². The van der Waals surface area contributed by atoms with Gasteiger partial charge in [-0.25, -0.2) is 19.2 Å². The summed E-state index contributed by atoms with van der Waals surface area (Å²) in [5.74, 6) is -2.84. The van der Waals surface area contributed by atoms with Crippen molar-refractivity contribution in [3.8, 4) is 11.5 Å². The lowest BCUT2D eigenvalue weighted by Gasteiger charge is -2.20. The van der Waals surface area contributed by atoms with Crippen molar-refractivity contribution in [2.75, 3.05) is 39.6 Å². The van der Waals surface area contributed by atoms with Crippen LogP contribution in [0.2, 0.25) is 0 Å². The van der Waals surface area contributed by atoms with Gasteiger partial charge in [-0.1, -0.05) is 32.4 Å². The molecule has 1 aromatic rings. The molecule has 14 heteroatoms. The van der Waals surface area contributed by atoms with E-state index in [1.807, 2.05) is 0 Å². The molecule has 1 rings (SSSR count). The minimum atomic E-state index is -0.966. The van der Waals surface area contributed by atoms with Crippen molar-refractivity contribution in [2.24, 2.45) is 0 Å². The van der Waals surface area contributed by atoms with E-state index in [2.05, 4.69) is 26.3 Å². The normalized spacial score (nSPS) is 11.5. The molecule has 286 valence electrons. The molecule has 2 atom stereocenters. The van der Waals surface area contributed by atoms with Gasteiger partial charge in [0.1, 0.15) is 37.9 Å². The first-order valence-corrected chi connectivity index (χ1v) is 16.6. The lowest BCUT2D eigenvalue weighted by Crippen LogP contribution is -2.31. The monoisotopic (exact) mass is 730 g/mol. The van der Waals surface area contributed by atoms with Gasteiger partial charge in [-0.2, -0.15) is 0 Å². The topological polar surface area (TPSA) is 176 Å². The summed E-state index contributed by atoms with van der Waals surface area (Å²) in [5.41, 5.74) is 0.890. The SMILES string of the molecule is C=C(C)C(=O)OCCCCC(=O)OC(COC(=O)C(=C)C)COc1cccc(OCC(COC(=O)C(=C)C)OC(=O)CCCCOC(=O)C(=C)C)c1. The Kier molecular flexibility index (Phi) is 21.2. The third-order valence-corrected chi connectivity index (χ3v) is 6.48. The largest absolute Gasteiger partial charge is 0.489 e. The third kappa shape index (κ3) is 20.3. The average Bonchev–Trinajstić information content (AvgIpc) is 3.09. The number of ether oxygens (including phenoxy) is 8. The summed E-state index contributed by atoms with van der Waals surface area (Å²) in [7, 11) is 0. The van der Waals surface area contributed by atoms with Crippen LogP contribution in [0.1, 0.15) is 66.2 Å². The van der Waals surface area contributed by atoms with Gasteiger partial charge in [-0.05, 0) is 65.5 Å². The highest BCUT2D eigenvalue weighted by atomic mass is 16.6. The Balaban J connectivity index is 2.79. The molecule has 14 nitrogen and oxygen atoms in total. The third-order valence-electron chi connectivity index (χ3n) is 6.48. The molecule has 0 saturated heterocycles. The molecular weight excluding hydrogens is 680 g/mol. The van der Waals surface area contributed by atoms with Gasteiger partial charge < -0.3 is 37.9 Å². The van der Waals surface area contributed by atoms with Crippen molar-refractivity contribution in [1.82, 2.24) is 0 Å². The Morgan fingerprint density at radius 2 is 0.865 bits per heavy atom. The zero-order valence-corrected chi connectivity index (χ0v) is 30.5. The summed E-state index contributed by atoms with van der Waals surface area (Å²) in [6.07, 6.45) is -0.255. The number of carbonyl (C=O) groups excluding carboxylic acids is 6. The molecule has 0 heterocycles. The summed E-state index contributed by atoms with van der Waals surface area (Å²) in [6, 6.07) is 6.42. The summed E-state index contributed by atoms with van der Waals surface area (Å²) in [4.78, 5) is 72.0. The van der Waals surface area contributed by atoms with Gasteiger partial charge >= 0.3 is 35.8 Å². The predicted molar refractivity (Wildman–Crippen MR) is 188 cm³/mol. The van der Waals surface area contributed by atoms with Crippen LogP contribution in [0, 0.1) is 0 Å². The quantitative estimate of drug-likeness (QED) is 0.0533. The minimum absolute atomic E-state index is 0.0250. The van der Waals surface area contributed by atoms with Crippen molar-refractivity contribution >= 4 is 35.8 Å². The Labute approximate surface area is 304 Å². The average molecular weight is 731 g/mol. The fourth-order valence-corrected chi connectivity index (χ4v) is 3.66.